The van der Waals surface area contributed by atoms with Crippen molar-refractivity contribution in [3.8, 4) is 0 Å². The lowest BCUT2D eigenvalue weighted by Gasteiger charge is -2.32. The van der Waals surface area contributed by atoms with Gasteiger partial charge in [-0.25, -0.2) is 0 Å². The van der Waals surface area contributed by atoms with Crippen molar-refractivity contribution < 1.29 is 9.31 Å². The van der Waals surface area contributed by atoms with Crippen LogP contribution >= 0.6 is 0 Å². The Morgan fingerprint density at radius 3 is 2.11 bits per heavy atom. The summed E-state index contributed by atoms with van der Waals surface area (Å²) in [5.41, 5.74) is 9.60. The highest BCUT2D eigenvalue weighted by atomic mass is 16.7. The van der Waals surface area contributed by atoms with Crippen molar-refractivity contribution in [2.45, 2.75) is 45.4 Å². The van der Waals surface area contributed by atoms with Crippen LogP contribution in [0, 0.1) is 0 Å². The van der Waals surface area contributed by atoms with Crippen molar-refractivity contribution >= 4 is 34.7 Å². The Kier molecular flexibility index (Phi) is 4.60. The van der Waals surface area contributed by atoms with Gasteiger partial charge in [0.1, 0.15) is 0 Å². The zero-order chi connectivity index (χ0) is 19.9. The van der Waals surface area contributed by atoms with Gasteiger partial charge in [-0.2, -0.15) is 0 Å². The Bertz CT molecular complexity index is 978. The molecule has 3 aromatic carbocycles. The Hall–Kier alpha value is -2.50. The lowest BCUT2D eigenvalue weighted by atomic mass is 9.79. The molecule has 144 valence electrons. The first-order valence-electron chi connectivity index (χ1n) is 9.72. The van der Waals surface area contributed by atoms with Gasteiger partial charge in [-0.05, 0) is 56.2 Å². The summed E-state index contributed by atoms with van der Waals surface area (Å²) in [6, 6.07) is 20.6. The predicted octanol–water partition coefficient (Wildman–Crippen LogP) is 4.33. The minimum Gasteiger partial charge on any atom is -0.399 e. The Labute approximate surface area is 167 Å². The minimum absolute atomic E-state index is 0.327. The molecule has 4 rings (SSSR count). The molecule has 1 aliphatic heterocycles. The van der Waals surface area contributed by atoms with Crippen molar-refractivity contribution in [3.05, 3.63) is 66.2 Å². The minimum atomic E-state index is -0.329. The summed E-state index contributed by atoms with van der Waals surface area (Å²) in [6.07, 6.45) is 0. The maximum absolute atomic E-state index is 6.19. The molecule has 1 aliphatic rings. The molecule has 1 heterocycles. The predicted molar refractivity (Wildman–Crippen MR) is 118 cm³/mol. The third-order valence-electron chi connectivity index (χ3n) is 5.93. The van der Waals surface area contributed by atoms with E-state index in [2.05, 4.69) is 75.5 Å². The molecule has 3 aromatic rings. The number of hydrogen-bond acceptors (Lipinski definition) is 4. The van der Waals surface area contributed by atoms with Crippen LogP contribution in [0.15, 0.2) is 60.7 Å². The molecular weight excluding hydrogens is 347 g/mol. The molecule has 4 nitrogen and oxygen atoms in total. The van der Waals surface area contributed by atoms with E-state index in [-0.39, 0.29) is 18.3 Å². The first-order valence-corrected chi connectivity index (χ1v) is 9.72. The fourth-order valence-corrected chi connectivity index (χ4v) is 3.49. The number of hydrogen-bond donors (Lipinski definition) is 2. The number of benzene rings is 3. The van der Waals surface area contributed by atoms with E-state index >= 15 is 0 Å². The summed E-state index contributed by atoms with van der Waals surface area (Å²) in [4.78, 5) is 0. The van der Waals surface area contributed by atoms with Crippen LogP contribution in [-0.2, 0) is 15.9 Å². The molecule has 1 saturated heterocycles. The second-order valence-corrected chi connectivity index (χ2v) is 8.43. The summed E-state index contributed by atoms with van der Waals surface area (Å²) in [5.74, 6) is 0. The molecule has 0 bridgehead atoms. The molecule has 0 radical (unpaired) electrons. The average molecular weight is 374 g/mol. The SMILES string of the molecule is CC1(C)OB(c2ccc(CNc3cccc4cccc(N)c34)cc2)OC1(C)C. The first kappa shape index (κ1) is 18.8. The third kappa shape index (κ3) is 3.36. The lowest BCUT2D eigenvalue weighted by Crippen LogP contribution is -2.41. The summed E-state index contributed by atoms with van der Waals surface area (Å²) in [5, 5.41) is 5.73. The molecule has 0 aliphatic carbocycles. The molecular formula is C23H27BN2O2. The summed E-state index contributed by atoms with van der Waals surface area (Å²) >= 11 is 0. The first-order chi connectivity index (χ1) is 13.3. The quantitative estimate of drug-likeness (QED) is 0.527. The highest BCUT2D eigenvalue weighted by Crippen LogP contribution is 2.36. The number of nitrogens with two attached hydrogens (primary N) is 1. The van der Waals surface area contributed by atoms with Gasteiger partial charge in [0.25, 0.3) is 0 Å². The molecule has 0 atom stereocenters. The van der Waals surface area contributed by atoms with Crippen LogP contribution in [-0.4, -0.2) is 18.3 Å². The second kappa shape index (κ2) is 6.84. The maximum atomic E-state index is 6.19. The number of nitrogens with one attached hydrogen (secondary N) is 1. The number of anilines is 2. The fourth-order valence-electron chi connectivity index (χ4n) is 3.49. The van der Waals surface area contributed by atoms with Crippen LogP contribution in [0.3, 0.4) is 0 Å². The van der Waals surface area contributed by atoms with Gasteiger partial charge in [0.2, 0.25) is 0 Å². The molecule has 1 fully saturated rings. The van der Waals surface area contributed by atoms with Crippen molar-refractivity contribution in [1.82, 2.24) is 0 Å². The van der Waals surface area contributed by atoms with E-state index < -0.39 is 0 Å². The van der Waals surface area contributed by atoms with Gasteiger partial charge >= 0.3 is 7.12 Å². The highest BCUT2D eigenvalue weighted by molar-refractivity contribution is 6.62. The molecule has 0 unspecified atom stereocenters. The summed E-state index contributed by atoms with van der Waals surface area (Å²) < 4.78 is 12.3. The average Bonchev–Trinajstić information content (AvgIpc) is 2.88. The lowest BCUT2D eigenvalue weighted by molar-refractivity contribution is 0.00578. The van der Waals surface area contributed by atoms with E-state index in [1.165, 1.54) is 5.56 Å². The van der Waals surface area contributed by atoms with Crippen LogP contribution in [0.2, 0.25) is 0 Å². The number of rotatable bonds is 4. The Morgan fingerprint density at radius 1 is 0.857 bits per heavy atom. The fraction of sp³-hybridized carbons (Fsp3) is 0.304. The van der Waals surface area contributed by atoms with E-state index in [1.807, 2.05) is 18.2 Å². The number of fused-ring (bicyclic) bond motifs is 1. The smallest absolute Gasteiger partial charge is 0.399 e. The van der Waals surface area contributed by atoms with E-state index in [0.717, 1.165) is 34.2 Å². The highest BCUT2D eigenvalue weighted by Gasteiger charge is 2.51. The van der Waals surface area contributed by atoms with Gasteiger partial charge in [-0.15, -0.1) is 0 Å². The Morgan fingerprint density at radius 2 is 1.46 bits per heavy atom. The van der Waals surface area contributed by atoms with Crippen molar-refractivity contribution in [2.75, 3.05) is 11.1 Å². The Balaban J connectivity index is 1.48. The second-order valence-electron chi connectivity index (χ2n) is 8.43. The van der Waals surface area contributed by atoms with Gasteiger partial charge in [0.05, 0.1) is 11.2 Å². The van der Waals surface area contributed by atoms with Gasteiger partial charge in [0, 0.05) is 23.3 Å². The summed E-state index contributed by atoms with van der Waals surface area (Å²) in [7, 11) is -0.329. The van der Waals surface area contributed by atoms with Gasteiger partial charge < -0.3 is 20.4 Å². The third-order valence-corrected chi connectivity index (χ3v) is 5.93. The largest absolute Gasteiger partial charge is 0.494 e. The molecule has 0 saturated carbocycles. The van der Waals surface area contributed by atoms with Crippen LogP contribution in [0.4, 0.5) is 11.4 Å². The van der Waals surface area contributed by atoms with Gasteiger partial charge in [-0.1, -0.05) is 48.5 Å². The molecule has 3 N–H and O–H groups in total. The molecule has 0 amide bonds. The van der Waals surface area contributed by atoms with E-state index in [9.17, 15) is 0 Å². The van der Waals surface area contributed by atoms with Crippen LogP contribution in [0.5, 0.6) is 0 Å². The van der Waals surface area contributed by atoms with Crippen molar-refractivity contribution in [3.63, 3.8) is 0 Å². The standard InChI is InChI=1S/C23H27BN2O2/c1-22(2)23(3,4)28-24(27-22)18-13-11-16(12-14-18)15-26-20-10-6-8-17-7-5-9-19(25)21(17)20/h5-14,26H,15,25H2,1-4H3. The van der Waals surface area contributed by atoms with Gasteiger partial charge in [-0.3, -0.25) is 0 Å². The molecule has 0 spiro atoms. The zero-order valence-corrected chi connectivity index (χ0v) is 17.0. The van der Waals surface area contributed by atoms with Crippen molar-refractivity contribution in [2.24, 2.45) is 0 Å². The van der Waals surface area contributed by atoms with E-state index in [0.29, 0.717) is 0 Å². The molecule has 5 heteroatoms. The number of nitrogen functional groups attached to an aromatic ring is 1. The molecule has 0 aromatic heterocycles. The maximum Gasteiger partial charge on any atom is 0.494 e. The topological polar surface area (TPSA) is 56.5 Å². The van der Waals surface area contributed by atoms with E-state index in [1.54, 1.807) is 0 Å². The summed E-state index contributed by atoms with van der Waals surface area (Å²) in [6.45, 7) is 9.00. The van der Waals surface area contributed by atoms with E-state index in [4.69, 9.17) is 15.0 Å². The van der Waals surface area contributed by atoms with Crippen molar-refractivity contribution in [1.29, 1.82) is 0 Å². The normalized spacial score (nSPS) is 17.8. The molecule has 28 heavy (non-hydrogen) atoms. The monoisotopic (exact) mass is 374 g/mol. The van der Waals surface area contributed by atoms with Crippen LogP contribution in [0.25, 0.3) is 10.8 Å². The van der Waals surface area contributed by atoms with Gasteiger partial charge in [0.15, 0.2) is 0 Å². The van der Waals surface area contributed by atoms with Crippen LogP contribution < -0.4 is 16.5 Å². The zero-order valence-electron chi connectivity index (χ0n) is 17.0. The van der Waals surface area contributed by atoms with Crippen LogP contribution in [0.1, 0.15) is 33.3 Å².